The van der Waals surface area contributed by atoms with Gasteiger partial charge in [-0.3, -0.25) is 9.59 Å². The molecule has 1 N–H and O–H groups in total. The Morgan fingerprint density at radius 3 is 2.71 bits per heavy atom. The van der Waals surface area contributed by atoms with Crippen LogP contribution in [0.5, 0.6) is 0 Å². The number of halogens is 1. The van der Waals surface area contributed by atoms with E-state index in [0.717, 1.165) is 39.4 Å². The summed E-state index contributed by atoms with van der Waals surface area (Å²) in [6, 6.07) is 4.16. The number of nitrogens with zero attached hydrogens (tertiary/aromatic N) is 5. The Bertz CT molecular complexity index is 1420. The first kappa shape index (κ1) is 24.2. The molecule has 1 saturated heterocycles. The van der Waals surface area contributed by atoms with Crippen LogP contribution in [0.4, 0.5) is 0 Å². The summed E-state index contributed by atoms with van der Waals surface area (Å²) in [4.78, 5) is 35.4. The third-order valence-corrected chi connectivity index (χ3v) is 9.47. The van der Waals surface area contributed by atoms with Gasteiger partial charge in [-0.05, 0) is 19.2 Å². The molecule has 1 fully saturated rings. The van der Waals surface area contributed by atoms with Crippen LogP contribution >= 0.6 is 22.9 Å². The molecule has 3 aromatic rings. The van der Waals surface area contributed by atoms with Crippen molar-refractivity contribution in [2.45, 2.75) is 19.0 Å². The molecule has 1 atom stereocenters. The van der Waals surface area contributed by atoms with Crippen molar-refractivity contribution < 1.29 is 18.0 Å². The SMILES string of the molecule is CNC(=O)C1CN(S(=O)(=O)n2cc3ccc(Cl)cc3c2)CCN1C(=O)c1nc2c(s1)CN(C)CC2. The van der Waals surface area contributed by atoms with Crippen molar-refractivity contribution >= 4 is 55.7 Å². The van der Waals surface area contributed by atoms with E-state index in [1.54, 1.807) is 18.2 Å². The van der Waals surface area contributed by atoms with Crippen LogP contribution in [0.1, 0.15) is 20.4 Å². The quantitative estimate of drug-likeness (QED) is 0.540. The molecule has 1 aromatic carbocycles. The van der Waals surface area contributed by atoms with E-state index in [1.807, 2.05) is 7.05 Å². The van der Waals surface area contributed by atoms with Crippen LogP contribution in [0.25, 0.3) is 10.8 Å². The topological polar surface area (TPSA) is 108 Å². The van der Waals surface area contributed by atoms with Gasteiger partial charge in [0.1, 0.15) is 6.04 Å². The van der Waals surface area contributed by atoms with Crippen molar-refractivity contribution in [3.63, 3.8) is 0 Å². The van der Waals surface area contributed by atoms with Gasteiger partial charge in [-0.25, -0.2) is 8.96 Å². The number of hydrogen-bond acceptors (Lipinski definition) is 7. The highest BCUT2D eigenvalue weighted by molar-refractivity contribution is 7.87. The maximum atomic E-state index is 13.4. The van der Waals surface area contributed by atoms with E-state index in [9.17, 15) is 18.0 Å². The summed E-state index contributed by atoms with van der Waals surface area (Å²) in [5, 5.41) is 4.83. The van der Waals surface area contributed by atoms with Crippen molar-refractivity contribution in [1.29, 1.82) is 0 Å². The van der Waals surface area contributed by atoms with Crippen molar-refractivity contribution in [3.8, 4) is 0 Å². The van der Waals surface area contributed by atoms with Gasteiger partial charge >= 0.3 is 10.2 Å². The summed E-state index contributed by atoms with van der Waals surface area (Å²) in [5.74, 6) is -0.775. The minimum atomic E-state index is -3.96. The Labute approximate surface area is 212 Å². The van der Waals surface area contributed by atoms with Crippen LogP contribution in [0.2, 0.25) is 5.02 Å². The Kier molecular flexibility index (Phi) is 6.34. The summed E-state index contributed by atoms with van der Waals surface area (Å²) in [5.41, 5.74) is 0.925. The van der Waals surface area contributed by atoms with Crippen LogP contribution in [-0.2, 0) is 28.0 Å². The lowest BCUT2D eigenvalue weighted by molar-refractivity contribution is -0.126. The molecule has 2 aromatic heterocycles. The molecule has 1 unspecified atom stereocenters. The van der Waals surface area contributed by atoms with Crippen LogP contribution in [0, 0.1) is 0 Å². The summed E-state index contributed by atoms with van der Waals surface area (Å²) in [7, 11) is -0.471. The number of hydrogen-bond donors (Lipinski definition) is 1. The molecule has 0 saturated carbocycles. The molecule has 0 bridgehead atoms. The van der Waals surface area contributed by atoms with Gasteiger partial charge in [0, 0.05) is 79.3 Å². The molecule has 0 aliphatic carbocycles. The number of aromatic nitrogens is 2. The van der Waals surface area contributed by atoms with E-state index in [-0.39, 0.29) is 25.5 Å². The molecule has 0 spiro atoms. The second-order valence-corrected chi connectivity index (χ2v) is 12.1. The minimum Gasteiger partial charge on any atom is -0.357 e. The van der Waals surface area contributed by atoms with E-state index < -0.39 is 22.2 Å². The highest BCUT2D eigenvalue weighted by atomic mass is 35.5. The first-order valence-electron chi connectivity index (χ1n) is 11.1. The standard InChI is InChI=1S/C22H25ClN6O4S2/c1-24-20(30)18-12-27(35(32,33)28-10-14-3-4-16(23)9-15(14)11-28)7-8-29(18)22(31)21-25-17-5-6-26(2)13-19(17)34-21/h3-4,9-11,18H,5-8,12-13H2,1-2H3,(H,24,30). The Morgan fingerprint density at radius 1 is 1.17 bits per heavy atom. The number of carbonyl (C=O) groups excluding carboxylic acids is 2. The molecule has 2 amide bonds. The van der Waals surface area contributed by atoms with Crippen LogP contribution < -0.4 is 5.32 Å². The maximum Gasteiger partial charge on any atom is 0.307 e. The summed E-state index contributed by atoms with van der Waals surface area (Å²) in [6.45, 7) is 1.60. The van der Waals surface area contributed by atoms with Gasteiger partial charge < -0.3 is 15.1 Å². The molecule has 186 valence electrons. The molecular formula is C22H25ClN6O4S2. The van der Waals surface area contributed by atoms with Gasteiger partial charge in [0.2, 0.25) is 5.91 Å². The highest BCUT2D eigenvalue weighted by Crippen LogP contribution is 2.28. The monoisotopic (exact) mass is 536 g/mol. The zero-order valence-electron chi connectivity index (χ0n) is 19.3. The molecule has 2 aliphatic heterocycles. The van der Waals surface area contributed by atoms with Gasteiger partial charge in [0.25, 0.3) is 5.91 Å². The number of rotatable bonds is 4. The second kappa shape index (κ2) is 9.17. The van der Waals surface area contributed by atoms with Crippen molar-refractivity contribution in [2.75, 3.05) is 40.3 Å². The van der Waals surface area contributed by atoms with E-state index in [4.69, 9.17) is 11.6 Å². The van der Waals surface area contributed by atoms with Crippen molar-refractivity contribution in [1.82, 2.24) is 28.4 Å². The van der Waals surface area contributed by atoms with Gasteiger partial charge in [-0.1, -0.05) is 17.7 Å². The summed E-state index contributed by atoms with van der Waals surface area (Å²) in [6.07, 6.45) is 3.79. The van der Waals surface area contributed by atoms with Gasteiger partial charge in [0.05, 0.1) is 5.69 Å². The molecule has 5 rings (SSSR count). The van der Waals surface area contributed by atoms with Crippen molar-refractivity contribution in [3.05, 3.63) is 51.2 Å². The lowest BCUT2D eigenvalue weighted by Gasteiger charge is -2.39. The maximum absolute atomic E-state index is 13.4. The predicted molar refractivity (Wildman–Crippen MR) is 134 cm³/mol. The smallest absolute Gasteiger partial charge is 0.307 e. The average Bonchev–Trinajstić information content (AvgIpc) is 3.46. The van der Waals surface area contributed by atoms with Gasteiger partial charge in [-0.15, -0.1) is 11.3 Å². The van der Waals surface area contributed by atoms with Crippen molar-refractivity contribution in [2.24, 2.45) is 0 Å². The zero-order chi connectivity index (χ0) is 24.9. The molecule has 2 aliphatic rings. The van der Waals surface area contributed by atoms with Crippen LogP contribution in [0.15, 0.2) is 30.6 Å². The molecule has 13 heteroatoms. The number of nitrogens with one attached hydrogen (secondary N) is 1. The van der Waals surface area contributed by atoms with Gasteiger partial charge in [-0.2, -0.15) is 12.7 Å². The third-order valence-electron chi connectivity index (χ3n) is 6.43. The Morgan fingerprint density at radius 2 is 1.94 bits per heavy atom. The van der Waals surface area contributed by atoms with E-state index in [2.05, 4.69) is 15.2 Å². The Hall–Kier alpha value is -2.51. The lowest BCUT2D eigenvalue weighted by atomic mass is 10.1. The lowest BCUT2D eigenvalue weighted by Crippen LogP contribution is -2.61. The van der Waals surface area contributed by atoms with E-state index >= 15 is 0 Å². The fourth-order valence-electron chi connectivity index (χ4n) is 4.49. The molecule has 0 radical (unpaired) electrons. The largest absolute Gasteiger partial charge is 0.357 e. The van der Waals surface area contributed by atoms with E-state index in [1.165, 1.54) is 40.0 Å². The number of carbonyl (C=O) groups is 2. The average molecular weight is 537 g/mol. The third kappa shape index (κ3) is 4.45. The molecule has 4 heterocycles. The molecule has 10 nitrogen and oxygen atoms in total. The van der Waals surface area contributed by atoms with Crippen LogP contribution in [0.3, 0.4) is 0 Å². The Balaban J connectivity index is 1.40. The normalized spacial score (nSPS) is 19.6. The number of piperazine rings is 1. The highest BCUT2D eigenvalue weighted by Gasteiger charge is 2.41. The van der Waals surface area contributed by atoms with E-state index in [0.29, 0.717) is 15.4 Å². The number of likely N-dealkylation sites (N-methyl/N-ethyl adjacent to an activating group) is 2. The first-order valence-corrected chi connectivity index (χ1v) is 13.7. The number of benzene rings is 1. The predicted octanol–water partition coefficient (Wildman–Crippen LogP) is 1.40. The fraction of sp³-hybridized carbons (Fsp3) is 0.409. The zero-order valence-corrected chi connectivity index (χ0v) is 21.7. The molecule has 35 heavy (non-hydrogen) atoms. The second-order valence-electron chi connectivity index (χ2n) is 8.73. The minimum absolute atomic E-state index is 0.0602. The molecular weight excluding hydrogens is 512 g/mol. The first-order chi connectivity index (χ1) is 16.7. The number of fused-ring (bicyclic) bond motifs is 2. The number of thiazole rings is 1. The summed E-state index contributed by atoms with van der Waals surface area (Å²) < 4.78 is 29.2. The summed E-state index contributed by atoms with van der Waals surface area (Å²) >= 11 is 7.39. The van der Waals surface area contributed by atoms with Crippen LogP contribution in [-0.4, -0.2) is 89.6 Å². The number of amides is 2. The fourth-order valence-corrected chi connectivity index (χ4v) is 7.22. The van der Waals surface area contributed by atoms with Gasteiger partial charge in [0.15, 0.2) is 5.01 Å².